The lowest BCUT2D eigenvalue weighted by atomic mass is 10.0. The molecule has 0 amide bonds. The van der Waals surface area contributed by atoms with Crippen LogP contribution in [0.1, 0.15) is 37.1 Å². The van der Waals surface area contributed by atoms with Gasteiger partial charge in [-0.3, -0.25) is 4.68 Å². The second kappa shape index (κ2) is 5.53. The molecule has 1 aromatic rings. The summed E-state index contributed by atoms with van der Waals surface area (Å²) in [6.07, 6.45) is -3.20. The molecule has 0 bridgehead atoms. The largest absolute Gasteiger partial charge is 0.389 e. The molecule has 1 unspecified atom stereocenters. The van der Waals surface area contributed by atoms with Gasteiger partial charge in [-0.05, 0) is 19.9 Å². The summed E-state index contributed by atoms with van der Waals surface area (Å²) in [5.41, 5.74) is 1.75. The Kier molecular flexibility index (Phi) is 4.56. The quantitative estimate of drug-likeness (QED) is 0.869. The number of aromatic nitrogens is 2. The van der Waals surface area contributed by atoms with Crippen LogP contribution in [0, 0.1) is 6.92 Å². The minimum Gasteiger partial charge on any atom is -0.310 e. The van der Waals surface area contributed by atoms with Crippen LogP contribution >= 0.6 is 0 Å². The first-order chi connectivity index (χ1) is 7.85. The molecule has 6 heteroatoms. The highest BCUT2D eigenvalue weighted by Crippen LogP contribution is 2.28. The zero-order valence-corrected chi connectivity index (χ0v) is 10.3. The van der Waals surface area contributed by atoms with Crippen molar-refractivity contribution in [2.75, 3.05) is 6.54 Å². The molecule has 1 N–H and O–H groups in total. The zero-order valence-electron chi connectivity index (χ0n) is 10.3. The van der Waals surface area contributed by atoms with Gasteiger partial charge in [0.05, 0.1) is 6.20 Å². The van der Waals surface area contributed by atoms with Crippen LogP contribution in [-0.2, 0) is 7.05 Å². The third-order valence-corrected chi connectivity index (χ3v) is 2.82. The van der Waals surface area contributed by atoms with E-state index in [1.165, 1.54) is 0 Å². The molecule has 0 saturated carbocycles. The van der Waals surface area contributed by atoms with Crippen LogP contribution in [0.2, 0.25) is 0 Å². The Bertz CT molecular complexity index is 357. The van der Waals surface area contributed by atoms with Gasteiger partial charge in [0.2, 0.25) is 0 Å². The molecular weight excluding hydrogens is 231 g/mol. The molecule has 0 aliphatic heterocycles. The van der Waals surface area contributed by atoms with E-state index in [0.717, 1.165) is 11.3 Å². The van der Waals surface area contributed by atoms with Crippen molar-refractivity contribution in [3.8, 4) is 0 Å². The molecule has 1 heterocycles. The number of nitrogens with zero attached hydrogens (tertiary/aromatic N) is 2. The maximum atomic E-state index is 12.2. The monoisotopic (exact) mass is 249 g/mol. The molecule has 0 fully saturated rings. The predicted molar refractivity (Wildman–Crippen MR) is 59.7 cm³/mol. The summed E-state index contributed by atoms with van der Waals surface area (Å²) >= 11 is 0. The van der Waals surface area contributed by atoms with Crippen LogP contribution in [-0.4, -0.2) is 22.5 Å². The van der Waals surface area contributed by atoms with Crippen LogP contribution in [0.3, 0.4) is 0 Å². The summed E-state index contributed by atoms with van der Waals surface area (Å²) in [6, 6.07) is -0.282. The fraction of sp³-hybridized carbons (Fsp3) is 0.727. The van der Waals surface area contributed by atoms with Crippen LogP contribution in [0.4, 0.5) is 13.2 Å². The van der Waals surface area contributed by atoms with Gasteiger partial charge in [-0.15, -0.1) is 0 Å². The second-order valence-corrected chi connectivity index (χ2v) is 4.07. The molecule has 0 spiro atoms. The highest BCUT2D eigenvalue weighted by atomic mass is 19.4. The average Bonchev–Trinajstić information content (AvgIpc) is 2.54. The highest BCUT2D eigenvalue weighted by Gasteiger charge is 2.29. The molecule has 1 aromatic heterocycles. The SMILES string of the molecule is CCNC(CCC(F)(F)F)c1cnn(C)c1C. The first-order valence-corrected chi connectivity index (χ1v) is 5.63. The molecule has 98 valence electrons. The van der Waals surface area contributed by atoms with Gasteiger partial charge in [0.15, 0.2) is 0 Å². The standard InChI is InChI=1S/C11H18F3N3/c1-4-15-10(5-6-11(12,13)14)9-7-16-17(3)8(9)2/h7,10,15H,4-6H2,1-3H3. The fourth-order valence-electron chi connectivity index (χ4n) is 1.78. The molecular formula is C11H18F3N3. The highest BCUT2D eigenvalue weighted by molar-refractivity contribution is 5.20. The zero-order chi connectivity index (χ0) is 13.1. The van der Waals surface area contributed by atoms with E-state index >= 15 is 0 Å². The Hall–Kier alpha value is -1.04. The van der Waals surface area contributed by atoms with E-state index < -0.39 is 12.6 Å². The van der Waals surface area contributed by atoms with Crippen molar-refractivity contribution in [1.82, 2.24) is 15.1 Å². The lowest BCUT2D eigenvalue weighted by molar-refractivity contribution is -0.136. The third-order valence-electron chi connectivity index (χ3n) is 2.82. The van der Waals surface area contributed by atoms with Crippen LogP contribution < -0.4 is 5.32 Å². The van der Waals surface area contributed by atoms with Gasteiger partial charge in [0.1, 0.15) is 0 Å². The maximum absolute atomic E-state index is 12.2. The number of alkyl halides is 3. The molecule has 3 nitrogen and oxygen atoms in total. The Morgan fingerprint density at radius 1 is 1.47 bits per heavy atom. The number of halogens is 3. The van der Waals surface area contributed by atoms with Gasteiger partial charge in [-0.2, -0.15) is 18.3 Å². The van der Waals surface area contributed by atoms with E-state index in [1.54, 1.807) is 17.9 Å². The Labute approximate surface area is 99.0 Å². The molecule has 0 aliphatic rings. The number of hydrogen-bond donors (Lipinski definition) is 1. The van der Waals surface area contributed by atoms with Gasteiger partial charge in [0.25, 0.3) is 0 Å². The van der Waals surface area contributed by atoms with E-state index in [4.69, 9.17) is 0 Å². The summed E-state index contributed by atoms with van der Waals surface area (Å²) in [5.74, 6) is 0. The molecule has 0 radical (unpaired) electrons. The Morgan fingerprint density at radius 2 is 2.12 bits per heavy atom. The summed E-state index contributed by atoms with van der Waals surface area (Å²) in [5, 5.41) is 7.13. The van der Waals surface area contributed by atoms with Crippen LogP contribution in [0.15, 0.2) is 6.20 Å². The van der Waals surface area contributed by atoms with Crippen LogP contribution in [0.25, 0.3) is 0 Å². The molecule has 1 rings (SSSR count). The first kappa shape index (κ1) is 14.0. The molecule has 0 aliphatic carbocycles. The number of rotatable bonds is 5. The second-order valence-electron chi connectivity index (χ2n) is 4.07. The lowest BCUT2D eigenvalue weighted by Crippen LogP contribution is -2.23. The van der Waals surface area contributed by atoms with E-state index in [0.29, 0.717) is 6.54 Å². The molecule has 0 saturated heterocycles. The van der Waals surface area contributed by atoms with Crippen molar-refractivity contribution in [1.29, 1.82) is 0 Å². The summed E-state index contributed by atoms with van der Waals surface area (Å²) in [4.78, 5) is 0. The van der Waals surface area contributed by atoms with E-state index in [-0.39, 0.29) is 12.5 Å². The minimum absolute atomic E-state index is 0.0455. The van der Waals surface area contributed by atoms with Crippen LogP contribution in [0.5, 0.6) is 0 Å². The van der Waals surface area contributed by atoms with Crippen molar-refractivity contribution in [2.24, 2.45) is 7.05 Å². The summed E-state index contributed by atoms with van der Waals surface area (Å²) < 4.78 is 38.4. The van der Waals surface area contributed by atoms with Gasteiger partial charge in [-0.1, -0.05) is 6.92 Å². The first-order valence-electron chi connectivity index (χ1n) is 5.63. The number of aryl methyl sites for hydroxylation is 1. The van der Waals surface area contributed by atoms with Crippen molar-refractivity contribution in [3.05, 3.63) is 17.5 Å². The summed E-state index contributed by atoms with van der Waals surface area (Å²) in [6.45, 7) is 4.38. The summed E-state index contributed by atoms with van der Waals surface area (Å²) in [7, 11) is 1.78. The van der Waals surface area contributed by atoms with Gasteiger partial charge in [0, 0.05) is 30.8 Å². The van der Waals surface area contributed by atoms with Crippen molar-refractivity contribution < 1.29 is 13.2 Å². The van der Waals surface area contributed by atoms with Gasteiger partial charge in [-0.25, -0.2) is 0 Å². The number of nitrogens with one attached hydrogen (secondary N) is 1. The molecule has 1 atom stereocenters. The van der Waals surface area contributed by atoms with Crippen molar-refractivity contribution in [2.45, 2.75) is 38.9 Å². The fourth-order valence-corrected chi connectivity index (χ4v) is 1.78. The predicted octanol–water partition coefficient (Wildman–Crippen LogP) is 2.72. The smallest absolute Gasteiger partial charge is 0.310 e. The Balaban J connectivity index is 2.75. The number of hydrogen-bond acceptors (Lipinski definition) is 2. The topological polar surface area (TPSA) is 29.9 Å². The van der Waals surface area contributed by atoms with Gasteiger partial charge >= 0.3 is 6.18 Å². The van der Waals surface area contributed by atoms with Crippen molar-refractivity contribution in [3.63, 3.8) is 0 Å². The minimum atomic E-state index is -4.11. The van der Waals surface area contributed by atoms with E-state index in [9.17, 15) is 13.2 Å². The van der Waals surface area contributed by atoms with Crippen molar-refractivity contribution >= 4 is 0 Å². The molecule has 17 heavy (non-hydrogen) atoms. The average molecular weight is 249 g/mol. The van der Waals surface area contributed by atoms with Gasteiger partial charge < -0.3 is 5.32 Å². The Morgan fingerprint density at radius 3 is 2.53 bits per heavy atom. The van der Waals surface area contributed by atoms with E-state index in [2.05, 4.69) is 10.4 Å². The molecule has 0 aromatic carbocycles. The normalized spacial score (nSPS) is 14.0. The maximum Gasteiger partial charge on any atom is 0.389 e. The lowest BCUT2D eigenvalue weighted by Gasteiger charge is -2.18. The van der Waals surface area contributed by atoms with E-state index in [1.807, 2.05) is 13.8 Å². The third kappa shape index (κ3) is 4.03.